The summed E-state index contributed by atoms with van der Waals surface area (Å²) in [6.07, 6.45) is 4.89. The van der Waals surface area contributed by atoms with Crippen molar-refractivity contribution < 1.29 is 0 Å². The van der Waals surface area contributed by atoms with Gasteiger partial charge in [-0.2, -0.15) is 0 Å². The largest absolute Gasteiger partial charge is 0.271 e. The summed E-state index contributed by atoms with van der Waals surface area (Å²) in [5, 5.41) is 2.39. The van der Waals surface area contributed by atoms with Gasteiger partial charge in [-0.05, 0) is 16.9 Å². The fourth-order valence-electron chi connectivity index (χ4n) is 2.18. The molecule has 2 unspecified atom stereocenters. The number of nitrogens with one attached hydrogen (secondary N) is 1. The van der Waals surface area contributed by atoms with Crippen LogP contribution in [0, 0.1) is 5.92 Å². The normalized spacial score (nSPS) is 14.8. The first-order chi connectivity index (χ1) is 8.27. The summed E-state index contributed by atoms with van der Waals surface area (Å²) in [5.41, 5.74) is 4.10. The van der Waals surface area contributed by atoms with Gasteiger partial charge < -0.3 is 0 Å². The number of pyridine rings is 1. The number of hydrogen-bond donors (Lipinski definition) is 2. The Balaban J connectivity index is 2.53. The zero-order chi connectivity index (χ0) is 12.3. The van der Waals surface area contributed by atoms with Crippen molar-refractivity contribution in [3.8, 4) is 0 Å². The Morgan fingerprint density at radius 2 is 2.06 bits per heavy atom. The quantitative estimate of drug-likeness (QED) is 0.626. The SMILES string of the molecule is CCC(C)C(NN)c1cncc2ccccc12. The van der Waals surface area contributed by atoms with Crippen LogP contribution >= 0.6 is 0 Å². The van der Waals surface area contributed by atoms with Crippen molar-refractivity contribution in [3.63, 3.8) is 0 Å². The van der Waals surface area contributed by atoms with E-state index in [-0.39, 0.29) is 6.04 Å². The van der Waals surface area contributed by atoms with Crippen molar-refractivity contribution in [1.82, 2.24) is 10.4 Å². The van der Waals surface area contributed by atoms with E-state index in [2.05, 4.69) is 42.5 Å². The minimum Gasteiger partial charge on any atom is -0.271 e. The van der Waals surface area contributed by atoms with E-state index in [0.717, 1.165) is 11.8 Å². The molecule has 0 spiro atoms. The van der Waals surface area contributed by atoms with Crippen molar-refractivity contribution in [2.24, 2.45) is 11.8 Å². The average molecular weight is 229 g/mol. The Morgan fingerprint density at radius 3 is 2.76 bits per heavy atom. The van der Waals surface area contributed by atoms with Crippen LogP contribution in [0.1, 0.15) is 31.9 Å². The molecule has 0 fully saturated rings. The lowest BCUT2D eigenvalue weighted by Gasteiger charge is -2.23. The Morgan fingerprint density at radius 1 is 1.29 bits per heavy atom. The Labute approximate surface area is 102 Å². The predicted molar refractivity (Wildman–Crippen MR) is 71.3 cm³/mol. The molecule has 2 atom stereocenters. The Hall–Kier alpha value is -1.45. The van der Waals surface area contributed by atoms with Crippen LogP contribution in [-0.2, 0) is 0 Å². The number of hydrogen-bond acceptors (Lipinski definition) is 3. The first kappa shape index (κ1) is 12.0. The molecule has 2 aromatic rings. The molecule has 3 nitrogen and oxygen atoms in total. The first-order valence-electron chi connectivity index (χ1n) is 6.06. The fraction of sp³-hybridized carbons (Fsp3) is 0.357. The van der Waals surface area contributed by atoms with Gasteiger partial charge in [0.2, 0.25) is 0 Å². The maximum absolute atomic E-state index is 5.69. The third kappa shape index (κ3) is 2.30. The molecule has 17 heavy (non-hydrogen) atoms. The molecule has 0 aliphatic heterocycles. The van der Waals surface area contributed by atoms with Crippen LogP contribution < -0.4 is 11.3 Å². The number of aromatic nitrogens is 1. The van der Waals surface area contributed by atoms with Gasteiger partial charge in [0.1, 0.15) is 0 Å². The van der Waals surface area contributed by atoms with Crippen molar-refractivity contribution in [3.05, 3.63) is 42.2 Å². The molecule has 1 aromatic carbocycles. The second-order valence-electron chi connectivity index (χ2n) is 4.48. The highest BCUT2D eigenvalue weighted by Gasteiger charge is 2.18. The highest BCUT2D eigenvalue weighted by Crippen LogP contribution is 2.28. The molecular formula is C14H19N3. The van der Waals surface area contributed by atoms with Gasteiger partial charge in [0.05, 0.1) is 6.04 Å². The molecule has 3 N–H and O–H groups in total. The van der Waals surface area contributed by atoms with E-state index in [1.807, 2.05) is 18.5 Å². The molecule has 0 amide bonds. The van der Waals surface area contributed by atoms with Crippen molar-refractivity contribution in [2.75, 3.05) is 0 Å². The van der Waals surface area contributed by atoms with Crippen LogP contribution in [0.2, 0.25) is 0 Å². The summed E-state index contributed by atoms with van der Waals surface area (Å²) in [5.74, 6) is 6.17. The van der Waals surface area contributed by atoms with Gasteiger partial charge in [-0.1, -0.05) is 44.5 Å². The molecule has 0 aliphatic carbocycles. The van der Waals surface area contributed by atoms with Crippen LogP contribution in [0.15, 0.2) is 36.7 Å². The van der Waals surface area contributed by atoms with Crippen molar-refractivity contribution in [1.29, 1.82) is 0 Å². The predicted octanol–water partition coefficient (Wildman–Crippen LogP) is 2.79. The molecular weight excluding hydrogens is 210 g/mol. The second kappa shape index (κ2) is 5.25. The number of nitrogens with two attached hydrogens (primary N) is 1. The molecule has 1 aromatic heterocycles. The molecule has 0 radical (unpaired) electrons. The average Bonchev–Trinajstić information content (AvgIpc) is 2.39. The third-order valence-corrected chi connectivity index (χ3v) is 3.43. The van der Waals surface area contributed by atoms with Crippen LogP contribution in [0.5, 0.6) is 0 Å². The molecule has 0 bridgehead atoms. The highest BCUT2D eigenvalue weighted by atomic mass is 15.2. The second-order valence-corrected chi connectivity index (χ2v) is 4.48. The number of fused-ring (bicyclic) bond motifs is 1. The lowest BCUT2D eigenvalue weighted by molar-refractivity contribution is 0.384. The summed E-state index contributed by atoms with van der Waals surface area (Å²) >= 11 is 0. The van der Waals surface area contributed by atoms with E-state index in [9.17, 15) is 0 Å². The molecule has 90 valence electrons. The van der Waals surface area contributed by atoms with E-state index < -0.39 is 0 Å². The van der Waals surface area contributed by atoms with E-state index in [0.29, 0.717) is 5.92 Å². The number of rotatable bonds is 4. The first-order valence-corrected chi connectivity index (χ1v) is 6.06. The Bertz CT molecular complexity index is 490. The zero-order valence-electron chi connectivity index (χ0n) is 10.4. The third-order valence-electron chi connectivity index (χ3n) is 3.43. The number of hydrazine groups is 1. The van der Waals surface area contributed by atoms with Crippen molar-refractivity contribution in [2.45, 2.75) is 26.3 Å². The Kier molecular flexibility index (Phi) is 3.71. The van der Waals surface area contributed by atoms with Crippen molar-refractivity contribution >= 4 is 10.8 Å². The van der Waals surface area contributed by atoms with E-state index >= 15 is 0 Å². The summed E-state index contributed by atoms with van der Waals surface area (Å²) in [4.78, 5) is 4.30. The summed E-state index contributed by atoms with van der Waals surface area (Å²) in [6.45, 7) is 4.37. The topological polar surface area (TPSA) is 50.9 Å². The molecule has 2 rings (SSSR count). The van der Waals surface area contributed by atoms with Gasteiger partial charge in [-0.25, -0.2) is 0 Å². The van der Waals surface area contributed by atoms with Crippen LogP contribution in [0.3, 0.4) is 0 Å². The van der Waals surface area contributed by atoms with Crippen LogP contribution in [0.25, 0.3) is 10.8 Å². The number of nitrogens with zero attached hydrogens (tertiary/aromatic N) is 1. The molecule has 1 heterocycles. The van der Waals surface area contributed by atoms with Crippen LogP contribution in [0.4, 0.5) is 0 Å². The molecule has 0 saturated heterocycles. The minimum atomic E-state index is 0.151. The summed E-state index contributed by atoms with van der Waals surface area (Å²) in [7, 11) is 0. The van der Waals surface area contributed by atoms with Gasteiger partial charge in [0, 0.05) is 17.8 Å². The maximum atomic E-state index is 5.69. The highest BCUT2D eigenvalue weighted by molar-refractivity contribution is 5.85. The lowest BCUT2D eigenvalue weighted by atomic mass is 9.91. The van der Waals surface area contributed by atoms with Crippen LogP contribution in [-0.4, -0.2) is 4.98 Å². The van der Waals surface area contributed by atoms with E-state index in [1.165, 1.54) is 10.9 Å². The zero-order valence-corrected chi connectivity index (χ0v) is 10.4. The molecule has 0 aliphatic rings. The maximum Gasteiger partial charge on any atom is 0.0506 e. The minimum absolute atomic E-state index is 0.151. The standard InChI is InChI=1S/C14H19N3/c1-3-10(2)14(17-15)13-9-16-8-11-6-4-5-7-12(11)13/h4-10,14,17H,3,15H2,1-2H3. The summed E-state index contributed by atoms with van der Waals surface area (Å²) in [6, 6.07) is 8.44. The lowest BCUT2D eigenvalue weighted by Crippen LogP contribution is -2.32. The van der Waals surface area contributed by atoms with E-state index in [4.69, 9.17) is 5.84 Å². The fourth-order valence-corrected chi connectivity index (χ4v) is 2.18. The van der Waals surface area contributed by atoms with Gasteiger partial charge in [-0.15, -0.1) is 0 Å². The van der Waals surface area contributed by atoms with E-state index in [1.54, 1.807) is 0 Å². The van der Waals surface area contributed by atoms with Gasteiger partial charge >= 0.3 is 0 Å². The van der Waals surface area contributed by atoms with Gasteiger partial charge in [0.15, 0.2) is 0 Å². The van der Waals surface area contributed by atoms with Gasteiger partial charge in [0.25, 0.3) is 0 Å². The molecule has 3 heteroatoms. The number of benzene rings is 1. The van der Waals surface area contributed by atoms with Gasteiger partial charge in [-0.3, -0.25) is 16.3 Å². The monoisotopic (exact) mass is 229 g/mol. The summed E-state index contributed by atoms with van der Waals surface area (Å²) < 4.78 is 0. The molecule has 0 saturated carbocycles. The smallest absolute Gasteiger partial charge is 0.0506 e.